The van der Waals surface area contributed by atoms with Crippen molar-refractivity contribution in [1.82, 2.24) is 0 Å². The molecule has 1 heterocycles. The van der Waals surface area contributed by atoms with Crippen LogP contribution in [0.1, 0.15) is 152 Å². The summed E-state index contributed by atoms with van der Waals surface area (Å²) in [7, 11) is 0. The molecule has 2 rings (SSSR count). The summed E-state index contributed by atoms with van der Waals surface area (Å²) in [5, 5.41) is 0. The van der Waals surface area contributed by atoms with Crippen molar-refractivity contribution in [2.24, 2.45) is 28.7 Å². The average molecular weight is 476 g/mol. The minimum Gasteiger partial charge on any atom is -0.290 e. The summed E-state index contributed by atoms with van der Waals surface area (Å²) >= 11 is 0. The molecule has 0 spiro atoms. The maximum atomic E-state index is 4.72. The number of hydrogen-bond donors (Lipinski definition) is 0. The molecule has 34 heavy (non-hydrogen) atoms. The Bertz CT molecular complexity index is 487. The van der Waals surface area contributed by atoms with Crippen LogP contribution in [0.15, 0.2) is 29.3 Å². The van der Waals surface area contributed by atoms with Gasteiger partial charge in [-0.05, 0) is 86.8 Å². The zero-order valence-electron chi connectivity index (χ0n) is 25.2. The fourth-order valence-electron chi connectivity index (χ4n) is 4.99. The SMILES string of the molecule is C=C(C(CCCC(C)CCC)CCC1CCC=CCC1C)C1CCC=N1.CC.CC.CCCC. The molecule has 1 aliphatic heterocycles. The van der Waals surface area contributed by atoms with Gasteiger partial charge in [0.05, 0.1) is 6.04 Å². The summed E-state index contributed by atoms with van der Waals surface area (Å²) in [6, 6.07) is 0.418. The largest absolute Gasteiger partial charge is 0.290 e. The maximum Gasteiger partial charge on any atom is 0.0708 e. The highest BCUT2D eigenvalue weighted by Crippen LogP contribution is 2.35. The summed E-state index contributed by atoms with van der Waals surface area (Å²) in [6.45, 7) is 24.1. The first-order valence-electron chi connectivity index (χ1n) is 15.4. The van der Waals surface area contributed by atoms with Crippen molar-refractivity contribution < 1.29 is 0 Å². The Morgan fingerprint density at radius 1 is 0.882 bits per heavy atom. The molecule has 5 atom stereocenters. The van der Waals surface area contributed by atoms with Crippen molar-refractivity contribution in [2.75, 3.05) is 0 Å². The summed E-state index contributed by atoms with van der Waals surface area (Å²) in [5.74, 6) is 3.31. The lowest BCUT2D eigenvalue weighted by molar-refractivity contribution is 0.293. The number of unbranched alkanes of at least 4 members (excludes halogenated alkanes) is 1. The number of aliphatic imine (C=N–C) groups is 1. The van der Waals surface area contributed by atoms with Gasteiger partial charge in [-0.25, -0.2) is 0 Å². The zero-order valence-corrected chi connectivity index (χ0v) is 25.2. The minimum atomic E-state index is 0.418. The van der Waals surface area contributed by atoms with Crippen molar-refractivity contribution >= 4 is 6.21 Å². The molecule has 0 amide bonds. The van der Waals surface area contributed by atoms with E-state index in [9.17, 15) is 0 Å². The van der Waals surface area contributed by atoms with Gasteiger partial charge in [0, 0.05) is 0 Å². The standard InChI is InChI=1S/C25H43N.C4H10.2C2H6/c1-5-11-20(2)12-9-15-24(22(4)25-16-10-19-26-25)18-17-23-14-8-6-7-13-21(23)3;1-3-4-2;2*1-2/h6-7,19-21,23-25H,4-5,8-18H2,1-3H3;3-4H2,1-2H3;2*1-2H3. The Balaban J connectivity index is 0. The Morgan fingerprint density at radius 2 is 1.56 bits per heavy atom. The zero-order chi connectivity index (χ0) is 26.2. The van der Waals surface area contributed by atoms with Gasteiger partial charge < -0.3 is 0 Å². The topological polar surface area (TPSA) is 12.4 Å². The van der Waals surface area contributed by atoms with E-state index in [4.69, 9.17) is 4.99 Å². The summed E-state index contributed by atoms with van der Waals surface area (Å²) < 4.78 is 0. The predicted molar refractivity (Wildman–Crippen MR) is 160 cm³/mol. The van der Waals surface area contributed by atoms with Crippen LogP contribution in [0, 0.1) is 23.7 Å². The minimum absolute atomic E-state index is 0.418. The van der Waals surface area contributed by atoms with E-state index in [0.29, 0.717) is 12.0 Å². The highest BCUT2D eigenvalue weighted by molar-refractivity contribution is 5.60. The van der Waals surface area contributed by atoms with E-state index in [1.807, 2.05) is 27.7 Å². The highest BCUT2D eigenvalue weighted by Gasteiger charge is 2.25. The van der Waals surface area contributed by atoms with E-state index in [1.165, 1.54) is 89.0 Å². The van der Waals surface area contributed by atoms with Crippen LogP contribution in [0.3, 0.4) is 0 Å². The molecule has 0 aromatic heterocycles. The van der Waals surface area contributed by atoms with E-state index in [-0.39, 0.29) is 0 Å². The second-order valence-electron chi connectivity index (χ2n) is 10.1. The highest BCUT2D eigenvalue weighted by atomic mass is 14.8. The molecule has 0 fully saturated rings. The Labute approximate surface area is 217 Å². The smallest absolute Gasteiger partial charge is 0.0708 e. The molecule has 0 aromatic rings. The predicted octanol–water partition coefficient (Wildman–Crippen LogP) is 11.6. The number of allylic oxidation sites excluding steroid dienone is 2. The lowest BCUT2D eigenvalue weighted by Crippen LogP contribution is -2.18. The van der Waals surface area contributed by atoms with E-state index >= 15 is 0 Å². The Morgan fingerprint density at radius 3 is 2.12 bits per heavy atom. The van der Waals surface area contributed by atoms with Crippen LogP contribution in [0.5, 0.6) is 0 Å². The number of nitrogens with zero attached hydrogens (tertiary/aromatic N) is 1. The maximum absolute atomic E-state index is 4.72. The van der Waals surface area contributed by atoms with Crippen molar-refractivity contribution in [3.05, 3.63) is 24.3 Å². The second kappa shape index (κ2) is 25.2. The van der Waals surface area contributed by atoms with E-state index in [2.05, 4.69) is 59.6 Å². The van der Waals surface area contributed by atoms with Gasteiger partial charge in [-0.2, -0.15) is 0 Å². The van der Waals surface area contributed by atoms with Crippen LogP contribution in [-0.4, -0.2) is 12.3 Å². The summed E-state index contributed by atoms with van der Waals surface area (Å²) in [4.78, 5) is 4.72. The van der Waals surface area contributed by atoms with Crippen molar-refractivity contribution in [3.63, 3.8) is 0 Å². The Hall–Kier alpha value is -0.850. The van der Waals surface area contributed by atoms with Gasteiger partial charge in [-0.1, -0.05) is 120 Å². The van der Waals surface area contributed by atoms with E-state index < -0.39 is 0 Å². The molecule has 0 aromatic carbocycles. The third kappa shape index (κ3) is 16.7. The van der Waals surface area contributed by atoms with E-state index in [1.54, 1.807) is 0 Å². The lowest BCUT2D eigenvalue weighted by Gasteiger charge is -2.27. The van der Waals surface area contributed by atoms with Crippen LogP contribution in [0.2, 0.25) is 0 Å². The first kappa shape index (κ1) is 35.3. The van der Waals surface area contributed by atoms with Gasteiger partial charge in [0.2, 0.25) is 0 Å². The molecule has 0 N–H and O–H groups in total. The van der Waals surface area contributed by atoms with Crippen LogP contribution in [-0.2, 0) is 0 Å². The monoisotopic (exact) mass is 476 g/mol. The van der Waals surface area contributed by atoms with Gasteiger partial charge in [-0.3, -0.25) is 4.99 Å². The lowest BCUT2D eigenvalue weighted by atomic mass is 9.79. The van der Waals surface area contributed by atoms with Gasteiger partial charge >= 0.3 is 0 Å². The van der Waals surface area contributed by atoms with Crippen LogP contribution >= 0.6 is 0 Å². The molecule has 0 saturated heterocycles. The molecule has 202 valence electrons. The van der Waals surface area contributed by atoms with Crippen LogP contribution in [0.25, 0.3) is 0 Å². The second-order valence-corrected chi connectivity index (χ2v) is 10.1. The number of rotatable bonds is 12. The molecule has 1 nitrogen and oxygen atoms in total. The molecule has 0 radical (unpaired) electrons. The normalized spacial score (nSPS) is 22.7. The van der Waals surface area contributed by atoms with Crippen LogP contribution in [0.4, 0.5) is 0 Å². The first-order valence-corrected chi connectivity index (χ1v) is 15.4. The van der Waals surface area contributed by atoms with Crippen molar-refractivity contribution in [2.45, 2.75) is 158 Å². The fourth-order valence-corrected chi connectivity index (χ4v) is 4.99. The summed E-state index contributed by atoms with van der Waals surface area (Å²) in [5.41, 5.74) is 1.45. The molecule has 1 aliphatic carbocycles. The number of hydrogen-bond acceptors (Lipinski definition) is 1. The fraction of sp³-hybridized carbons (Fsp3) is 0.848. The molecule has 2 aliphatic rings. The van der Waals surface area contributed by atoms with Gasteiger partial charge in [0.1, 0.15) is 0 Å². The third-order valence-electron chi connectivity index (χ3n) is 7.41. The quantitative estimate of drug-likeness (QED) is 0.249. The van der Waals surface area contributed by atoms with E-state index in [0.717, 1.165) is 24.2 Å². The Kier molecular flexibility index (Phi) is 26.2. The van der Waals surface area contributed by atoms with Crippen LogP contribution < -0.4 is 0 Å². The van der Waals surface area contributed by atoms with Gasteiger partial charge in [-0.15, -0.1) is 0 Å². The van der Waals surface area contributed by atoms with Crippen molar-refractivity contribution in [1.29, 1.82) is 0 Å². The molecule has 0 saturated carbocycles. The average Bonchev–Trinajstić information content (AvgIpc) is 3.34. The molecule has 0 bridgehead atoms. The first-order chi connectivity index (χ1) is 16.5. The third-order valence-corrected chi connectivity index (χ3v) is 7.41. The molecular formula is C33H65N. The van der Waals surface area contributed by atoms with Crippen molar-refractivity contribution in [3.8, 4) is 0 Å². The molecular weight excluding hydrogens is 410 g/mol. The summed E-state index contributed by atoms with van der Waals surface area (Å²) in [6.07, 6.45) is 25.3. The molecule has 5 unspecified atom stereocenters. The van der Waals surface area contributed by atoms with Gasteiger partial charge in [0.25, 0.3) is 0 Å². The molecule has 1 heteroatoms. The van der Waals surface area contributed by atoms with Gasteiger partial charge in [0.15, 0.2) is 0 Å².